The minimum Gasteiger partial charge on any atom is -0.474 e. The van der Waals surface area contributed by atoms with Crippen molar-refractivity contribution in [1.82, 2.24) is 4.98 Å². The maximum absolute atomic E-state index is 12.3. The van der Waals surface area contributed by atoms with Gasteiger partial charge in [0.1, 0.15) is 0 Å². The number of pyridine rings is 1. The van der Waals surface area contributed by atoms with E-state index >= 15 is 0 Å². The van der Waals surface area contributed by atoms with Crippen molar-refractivity contribution in [1.29, 1.82) is 0 Å². The van der Waals surface area contributed by atoms with Crippen molar-refractivity contribution in [3.05, 3.63) is 29.2 Å². The molecule has 0 bridgehead atoms. The summed E-state index contributed by atoms with van der Waals surface area (Å²) in [5.41, 5.74) is 0.783. The van der Waals surface area contributed by atoms with Gasteiger partial charge in [0.05, 0.1) is 6.57 Å². The molecular formula is C12H13F3N2O. The van der Waals surface area contributed by atoms with Crippen molar-refractivity contribution in [3.8, 4) is 5.88 Å². The van der Waals surface area contributed by atoms with Gasteiger partial charge < -0.3 is 4.74 Å². The minimum absolute atomic E-state index is 0.00250. The Kier molecular flexibility index (Phi) is 4.17. The van der Waals surface area contributed by atoms with Gasteiger partial charge in [0, 0.05) is 6.20 Å². The molecule has 0 aliphatic carbocycles. The molecule has 98 valence electrons. The topological polar surface area (TPSA) is 26.5 Å². The van der Waals surface area contributed by atoms with Crippen LogP contribution in [0.3, 0.4) is 0 Å². The second kappa shape index (κ2) is 5.25. The number of hydrogen-bond acceptors (Lipinski definition) is 2. The summed E-state index contributed by atoms with van der Waals surface area (Å²) in [4.78, 5) is 6.93. The van der Waals surface area contributed by atoms with Gasteiger partial charge in [0.15, 0.2) is 6.10 Å². The molecule has 3 nitrogen and oxygen atoms in total. The fourth-order valence-corrected chi connectivity index (χ4v) is 1.18. The molecule has 1 aromatic rings. The van der Waals surface area contributed by atoms with Gasteiger partial charge in [-0.15, -0.1) is 0 Å². The first-order chi connectivity index (χ1) is 8.25. The quantitative estimate of drug-likeness (QED) is 0.763. The molecule has 1 rings (SSSR count). The Balaban J connectivity index is 3.01. The summed E-state index contributed by atoms with van der Waals surface area (Å²) in [7, 11) is 0. The second-order valence-electron chi connectivity index (χ2n) is 4.16. The zero-order valence-electron chi connectivity index (χ0n) is 10.2. The predicted molar refractivity (Wildman–Crippen MR) is 60.7 cm³/mol. The van der Waals surface area contributed by atoms with Crippen molar-refractivity contribution in [2.45, 2.75) is 39.0 Å². The number of ether oxygens (including phenoxy) is 1. The molecule has 1 atom stereocenters. The molecule has 0 fully saturated rings. The van der Waals surface area contributed by atoms with E-state index in [1.54, 1.807) is 0 Å². The highest BCUT2D eigenvalue weighted by Gasteiger charge is 2.38. The monoisotopic (exact) mass is 258 g/mol. The molecule has 1 aromatic heterocycles. The Labute approximate surface area is 103 Å². The molecule has 18 heavy (non-hydrogen) atoms. The Hall–Kier alpha value is -1.77. The number of halogens is 3. The van der Waals surface area contributed by atoms with Crippen LogP contribution in [-0.4, -0.2) is 17.3 Å². The molecule has 0 aliphatic heterocycles. The third kappa shape index (κ3) is 3.36. The standard InChI is InChI=1S/C12H13F3N2O/c1-7(2)9-5-10(16-4)11(17-6-9)18-8(3)12(13,14)15/h5-8H,1-3H3. The molecule has 6 heteroatoms. The highest BCUT2D eigenvalue weighted by molar-refractivity contribution is 5.55. The van der Waals surface area contributed by atoms with Crippen LogP contribution < -0.4 is 4.74 Å². The number of rotatable bonds is 3. The van der Waals surface area contributed by atoms with Gasteiger partial charge in [-0.2, -0.15) is 13.2 Å². The molecule has 1 heterocycles. The van der Waals surface area contributed by atoms with Gasteiger partial charge in [-0.05, 0) is 24.5 Å². The molecule has 0 aromatic carbocycles. The summed E-state index contributed by atoms with van der Waals surface area (Å²) in [5, 5.41) is 0. The smallest absolute Gasteiger partial charge is 0.425 e. The van der Waals surface area contributed by atoms with Crippen LogP contribution in [-0.2, 0) is 0 Å². The summed E-state index contributed by atoms with van der Waals surface area (Å²) in [6, 6.07) is 1.50. The lowest BCUT2D eigenvalue weighted by Gasteiger charge is -2.18. The average molecular weight is 258 g/mol. The van der Waals surface area contributed by atoms with Gasteiger partial charge in [0.2, 0.25) is 11.6 Å². The van der Waals surface area contributed by atoms with E-state index in [0.29, 0.717) is 0 Å². The van der Waals surface area contributed by atoms with Crippen LogP contribution in [0, 0.1) is 6.57 Å². The summed E-state index contributed by atoms with van der Waals surface area (Å²) in [6.45, 7) is 11.6. The van der Waals surface area contributed by atoms with Crippen LogP contribution in [0.4, 0.5) is 18.9 Å². The van der Waals surface area contributed by atoms with Crippen molar-refractivity contribution in [2.75, 3.05) is 0 Å². The Morgan fingerprint density at radius 2 is 1.94 bits per heavy atom. The molecular weight excluding hydrogens is 245 g/mol. The van der Waals surface area contributed by atoms with Gasteiger partial charge >= 0.3 is 6.18 Å². The maximum Gasteiger partial charge on any atom is 0.425 e. The number of hydrogen-bond donors (Lipinski definition) is 0. The Morgan fingerprint density at radius 3 is 2.39 bits per heavy atom. The molecule has 0 N–H and O–H groups in total. The summed E-state index contributed by atoms with van der Waals surface area (Å²) >= 11 is 0. The van der Waals surface area contributed by atoms with E-state index in [0.717, 1.165) is 12.5 Å². The molecule has 0 saturated heterocycles. The highest BCUT2D eigenvalue weighted by atomic mass is 19.4. The highest BCUT2D eigenvalue weighted by Crippen LogP contribution is 2.32. The summed E-state index contributed by atoms with van der Waals surface area (Å²) < 4.78 is 41.7. The van der Waals surface area contributed by atoms with E-state index in [4.69, 9.17) is 6.57 Å². The van der Waals surface area contributed by atoms with Gasteiger partial charge in [-0.25, -0.2) is 9.83 Å². The van der Waals surface area contributed by atoms with Crippen molar-refractivity contribution in [2.24, 2.45) is 0 Å². The third-order valence-corrected chi connectivity index (χ3v) is 2.39. The first-order valence-electron chi connectivity index (χ1n) is 5.36. The van der Waals surface area contributed by atoms with Gasteiger partial charge in [-0.3, -0.25) is 0 Å². The summed E-state index contributed by atoms with van der Waals surface area (Å²) in [6.07, 6.45) is -5.04. The van der Waals surface area contributed by atoms with Crippen molar-refractivity contribution < 1.29 is 17.9 Å². The number of alkyl halides is 3. The van der Waals surface area contributed by atoms with E-state index in [9.17, 15) is 13.2 Å². The van der Waals surface area contributed by atoms with Gasteiger partial charge in [0.25, 0.3) is 0 Å². The normalized spacial score (nSPS) is 13.2. The first-order valence-corrected chi connectivity index (χ1v) is 5.36. The zero-order valence-corrected chi connectivity index (χ0v) is 10.2. The van der Waals surface area contributed by atoms with Crippen LogP contribution in [0.15, 0.2) is 12.3 Å². The summed E-state index contributed by atoms with van der Waals surface area (Å²) in [5.74, 6) is -0.133. The van der Waals surface area contributed by atoms with Crippen molar-refractivity contribution in [3.63, 3.8) is 0 Å². The molecule has 0 saturated carbocycles. The second-order valence-corrected chi connectivity index (χ2v) is 4.16. The molecule has 0 amide bonds. The van der Waals surface area contributed by atoms with Crippen LogP contribution in [0.2, 0.25) is 0 Å². The van der Waals surface area contributed by atoms with Crippen LogP contribution >= 0.6 is 0 Å². The zero-order chi connectivity index (χ0) is 13.9. The SMILES string of the molecule is [C-]#[N+]c1cc(C(C)C)cnc1OC(C)C(F)(F)F. The molecule has 0 radical (unpaired) electrons. The van der Waals surface area contributed by atoms with Gasteiger partial charge in [-0.1, -0.05) is 13.8 Å². The lowest BCUT2D eigenvalue weighted by atomic mass is 10.1. The minimum atomic E-state index is -4.47. The average Bonchev–Trinajstić information content (AvgIpc) is 2.27. The van der Waals surface area contributed by atoms with E-state index in [1.165, 1.54) is 12.3 Å². The van der Waals surface area contributed by atoms with Crippen LogP contribution in [0.25, 0.3) is 4.85 Å². The van der Waals surface area contributed by atoms with Crippen molar-refractivity contribution >= 4 is 5.69 Å². The van der Waals surface area contributed by atoms with E-state index < -0.39 is 12.3 Å². The van der Waals surface area contributed by atoms with E-state index in [2.05, 4.69) is 14.6 Å². The molecule has 1 unspecified atom stereocenters. The largest absolute Gasteiger partial charge is 0.474 e. The maximum atomic E-state index is 12.3. The lowest BCUT2D eigenvalue weighted by molar-refractivity contribution is -0.189. The third-order valence-electron chi connectivity index (χ3n) is 2.39. The first kappa shape index (κ1) is 14.3. The van der Waals surface area contributed by atoms with E-state index in [-0.39, 0.29) is 17.5 Å². The lowest BCUT2D eigenvalue weighted by Crippen LogP contribution is -2.31. The number of aromatic nitrogens is 1. The van der Waals surface area contributed by atoms with E-state index in [1.807, 2.05) is 13.8 Å². The molecule has 0 spiro atoms. The van der Waals surface area contributed by atoms with Crippen LogP contribution in [0.5, 0.6) is 5.88 Å². The predicted octanol–water partition coefficient (Wildman–Crippen LogP) is 4.09. The fraction of sp³-hybridized carbons (Fsp3) is 0.500. The fourth-order valence-electron chi connectivity index (χ4n) is 1.18. The van der Waals surface area contributed by atoms with Crippen LogP contribution in [0.1, 0.15) is 32.3 Å². The molecule has 0 aliphatic rings. The Bertz CT molecular complexity index is 463. The number of nitrogens with zero attached hydrogens (tertiary/aromatic N) is 2. The Morgan fingerprint density at radius 1 is 1.33 bits per heavy atom.